The Labute approximate surface area is 205 Å². The molecule has 0 radical (unpaired) electrons. The van der Waals surface area contributed by atoms with Gasteiger partial charge < -0.3 is 29.2 Å². The highest BCUT2D eigenvalue weighted by Crippen LogP contribution is 2.23. The van der Waals surface area contributed by atoms with Gasteiger partial charge in [0.15, 0.2) is 17.9 Å². The van der Waals surface area contributed by atoms with Gasteiger partial charge in [0, 0.05) is 25.2 Å². The van der Waals surface area contributed by atoms with Gasteiger partial charge in [-0.1, -0.05) is 6.07 Å². The van der Waals surface area contributed by atoms with Crippen molar-refractivity contribution in [3.05, 3.63) is 59.4 Å². The molecule has 2 aromatic carbocycles. The Morgan fingerprint density at radius 1 is 1.20 bits per heavy atom. The number of ether oxygens (including phenoxy) is 4. The number of methoxy groups -OCH3 is 1. The molecule has 9 heteroatoms. The summed E-state index contributed by atoms with van der Waals surface area (Å²) in [6, 6.07) is 13.9. The minimum Gasteiger partial charge on any atom is -0.494 e. The molecule has 0 aromatic heterocycles. The third kappa shape index (κ3) is 8.12. The molecule has 8 nitrogen and oxygen atoms in total. The summed E-state index contributed by atoms with van der Waals surface area (Å²) in [4.78, 5) is 14.0. The Hall–Kier alpha value is -3.35. The van der Waals surface area contributed by atoms with E-state index in [1.807, 2.05) is 18.2 Å². The molecule has 0 atom stereocenters. The molecule has 1 N–H and O–H groups in total. The summed E-state index contributed by atoms with van der Waals surface area (Å²) in [5, 5.41) is 11.9. The van der Waals surface area contributed by atoms with Crippen molar-refractivity contribution in [3.8, 4) is 11.8 Å². The van der Waals surface area contributed by atoms with Crippen LogP contribution in [0.25, 0.3) is 0 Å². The van der Waals surface area contributed by atoms with E-state index in [9.17, 15) is 9.18 Å². The smallest absolute Gasteiger partial charge is 0.408 e. The second-order valence-electron chi connectivity index (χ2n) is 9.28. The van der Waals surface area contributed by atoms with E-state index in [1.54, 1.807) is 39.0 Å². The first-order chi connectivity index (χ1) is 16.7. The lowest BCUT2D eigenvalue weighted by Crippen LogP contribution is -2.48. The number of alkyl carbamates (subject to hydrolysis) is 1. The van der Waals surface area contributed by atoms with Gasteiger partial charge >= 0.3 is 6.09 Å². The topological polar surface area (TPSA) is 93.1 Å². The SMILES string of the molecule is COc1ccc(CN(CCC2OCC(NC(=O)OC(C)(C)C)CO2)c2ccc(C#N)cc2)cc1F. The number of nitrogens with zero attached hydrogens (tertiary/aromatic N) is 2. The molecule has 1 aliphatic heterocycles. The third-order valence-corrected chi connectivity index (χ3v) is 5.27. The van der Waals surface area contributed by atoms with E-state index in [0.717, 1.165) is 11.3 Å². The summed E-state index contributed by atoms with van der Waals surface area (Å²) in [5.41, 5.74) is 1.65. The van der Waals surface area contributed by atoms with Gasteiger partial charge in [0.2, 0.25) is 0 Å². The van der Waals surface area contributed by atoms with E-state index in [2.05, 4.69) is 16.3 Å². The molecule has 1 fully saturated rings. The van der Waals surface area contributed by atoms with Gasteiger partial charge in [0.05, 0.1) is 38.0 Å². The fraction of sp³-hybridized carbons (Fsp3) is 0.462. The molecule has 0 bridgehead atoms. The maximum absolute atomic E-state index is 14.2. The zero-order chi connectivity index (χ0) is 25.4. The van der Waals surface area contributed by atoms with Crippen LogP contribution in [0.3, 0.4) is 0 Å². The molecule has 3 rings (SSSR count). The van der Waals surface area contributed by atoms with E-state index in [4.69, 9.17) is 24.2 Å². The molecule has 2 aromatic rings. The molecule has 188 valence electrons. The van der Waals surface area contributed by atoms with Crippen LogP contribution in [-0.4, -0.2) is 50.9 Å². The molecule has 1 saturated heterocycles. The van der Waals surface area contributed by atoms with Crippen LogP contribution in [0.1, 0.15) is 38.3 Å². The minimum atomic E-state index is -0.579. The van der Waals surface area contributed by atoms with Gasteiger partial charge in [0.1, 0.15) is 5.60 Å². The Morgan fingerprint density at radius 2 is 1.89 bits per heavy atom. The number of carbonyl (C=O) groups is 1. The number of anilines is 1. The Balaban J connectivity index is 1.59. The average molecular weight is 486 g/mol. The normalized spacial score (nSPS) is 17.8. The van der Waals surface area contributed by atoms with Crippen molar-refractivity contribution in [1.82, 2.24) is 5.32 Å². The lowest BCUT2D eigenvalue weighted by molar-refractivity contribution is -0.190. The zero-order valence-electron chi connectivity index (χ0n) is 20.5. The van der Waals surface area contributed by atoms with Gasteiger partial charge in [-0.3, -0.25) is 0 Å². The van der Waals surface area contributed by atoms with Crippen LogP contribution < -0.4 is 15.0 Å². The predicted octanol–water partition coefficient (Wildman–Crippen LogP) is 4.37. The number of nitriles is 1. The molecule has 0 unspecified atom stereocenters. The quantitative estimate of drug-likeness (QED) is 0.594. The fourth-order valence-corrected chi connectivity index (χ4v) is 3.60. The number of carbonyl (C=O) groups excluding carboxylic acids is 1. The average Bonchev–Trinajstić information content (AvgIpc) is 2.81. The molecule has 1 amide bonds. The molecule has 0 spiro atoms. The summed E-state index contributed by atoms with van der Waals surface area (Å²) in [6.07, 6.45) is -0.398. The second-order valence-corrected chi connectivity index (χ2v) is 9.28. The van der Waals surface area contributed by atoms with Crippen molar-refractivity contribution >= 4 is 11.8 Å². The highest BCUT2D eigenvalue weighted by atomic mass is 19.1. The van der Waals surface area contributed by atoms with Crippen LogP contribution in [0.15, 0.2) is 42.5 Å². The van der Waals surface area contributed by atoms with Crippen LogP contribution in [-0.2, 0) is 20.8 Å². The Kier molecular flexibility index (Phi) is 8.90. The van der Waals surface area contributed by atoms with E-state index >= 15 is 0 Å². The summed E-state index contributed by atoms with van der Waals surface area (Å²) in [5.74, 6) is -0.232. The van der Waals surface area contributed by atoms with Crippen LogP contribution in [0, 0.1) is 17.1 Å². The van der Waals surface area contributed by atoms with E-state index < -0.39 is 23.8 Å². The number of rotatable bonds is 8. The van der Waals surface area contributed by atoms with Crippen molar-refractivity contribution in [2.45, 2.75) is 51.7 Å². The predicted molar refractivity (Wildman–Crippen MR) is 129 cm³/mol. The summed E-state index contributed by atoms with van der Waals surface area (Å²) in [7, 11) is 1.43. The van der Waals surface area contributed by atoms with Crippen molar-refractivity contribution in [1.29, 1.82) is 5.26 Å². The lowest BCUT2D eigenvalue weighted by atomic mass is 10.1. The number of hydrogen-bond acceptors (Lipinski definition) is 7. The molecular weight excluding hydrogens is 453 g/mol. The number of nitrogens with one attached hydrogen (secondary N) is 1. The first-order valence-electron chi connectivity index (χ1n) is 11.5. The molecular formula is C26H32FN3O5. The number of amides is 1. The highest BCUT2D eigenvalue weighted by molar-refractivity contribution is 5.68. The molecule has 1 aliphatic rings. The van der Waals surface area contributed by atoms with E-state index in [1.165, 1.54) is 13.2 Å². The van der Waals surface area contributed by atoms with Crippen LogP contribution >= 0.6 is 0 Å². The monoisotopic (exact) mass is 485 g/mol. The summed E-state index contributed by atoms with van der Waals surface area (Å²) >= 11 is 0. The Bertz CT molecular complexity index is 1020. The summed E-state index contributed by atoms with van der Waals surface area (Å²) < 4.78 is 36.1. The Morgan fingerprint density at radius 3 is 2.46 bits per heavy atom. The molecule has 0 saturated carbocycles. The minimum absolute atomic E-state index is 0.192. The van der Waals surface area contributed by atoms with E-state index in [-0.39, 0.29) is 11.8 Å². The van der Waals surface area contributed by atoms with Crippen molar-refractivity contribution in [3.63, 3.8) is 0 Å². The van der Waals surface area contributed by atoms with Gasteiger partial charge in [-0.2, -0.15) is 5.26 Å². The van der Waals surface area contributed by atoms with Crippen molar-refractivity contribution in [2.75, 3.05) is 31.8 Å². The number of halogens is 1. The zero-order valence-corrected chi connectivity index (χ0v) is 20.5. The van der Waals surface area contributed by atoms with Crippen LogP contribution in [0.5, 0.6) is 5.75 Å². The first-order valence-corrected chi connectivity index (χ1v) is 11.5. The van der Waals surface area contributed by atoms with Gasteiger partial charge in [-0.05, 0) is 62.7 Å². The third-order valence-electron chi connectivity index (χ3n) is 5.27. The van der Waals surface area contributed by atoms with Crippen molar-refractivity contribution < 1.29 is 28.1 Å². The fourth-order valence-electron chi connectivity index (χ4n) is 3.60. The second kappa shape index (κ2) is 11.9. The molecule has 35 heavy (non-hydrogen) atoms. The highest BCUT2D eigenvalue weighted by Gasteiger charge is 2.26. The maximum Gasteiger partial charge on any atom is 0.408 e. The van der Waals surface area contributed by atoms with Crippen LogP contribution in [0.2, 0.25) is 0 Å². The molecule has 1 heterocycles. The van der Waals surface area contributed by atoms with Crippen LogP contribution in [0.4, 0.5) is 14.9 Å². The van der Waals surface area contributed by atoms with Gasteiger partial charge in [-0.25, -0.2) is 9.18 Å². The number of benzene rings is 2. The van der Waals surface area contributed by atoms with Gasteiger partial charge in [0.25, 0.3) is 0 Å². The molecule has 0 aliphatic carbocycles. The van der Waals surface area contributed by atoms with E-state index in [0.29, 0.717) is 38.3 Å². The van der Waals surface area contributed by atoms with Crippen molar-refractivity contribution in [2.24, 2.45) is 0 Å². The number of hydrogen-bond donors (Lipinski definition) is 1. The largest absolute Gasteiger partial charge is 0.494 e. The lowest BCUT2D eigenvalue weighted by Gasteiger charge is -2.32. The summed E-state index contributed by atoms with van der Waals surface area (Å²) in [6.45, 7) is 7.04. The first kappa shape index (κ1) is 26.3. The maximum atomic E-state index is 14.2. The standard InChI is InChI=1S/C26H32FN3O5/c1-26(2,3)35-25(31)29-20-16-33-24(34-17-20)11-12-30(21-8-5-18(14-28)6-9-21)15-19-7-10-23(32-4)22(27)13-19/h5-10,13,20,24H,11-12,15-17H2,1-4H3,(H,29,31). The van der Waals surface area contributed by atoms with Gasteiger partial charge in [-0.15, -0.1) is 0 Å².